The van der Waals surface area contributed by atoms with Crippen LogP contribution >= 0.6 is 23.8 Å². The number of nitrogens with one attached hydrogen (secondary N) is 2. The summed E-state index contributed by atoms with van der Waals surface area (Å²) in [6, 6.07) is 16.9. The maximum atomic E-state index is 13.0. The van der Waals surface area contributed by atoms with E-state index < -0.39 is 4.92 Å². The summed E-state index contributed by atoms with van der Waals surface area (Å²) in [5.74, 6) is 0.433. The monoisotopic (exact) mass is 431 g/mol. The molecule has 0 bridgehead atoms. The third-order valence-electron chi connectivity index (χ3n) is 3.78. The fraction of sp³-hybridized carbons (Fsp3) is 0.0500. The van der Waals surface area contributed by atoms with Crippen molar-refractivity contribution in [3.63, 3.8) is 0 Å². The van der Waals surface area contributed by atoms with Gasteiger partial charge in [0.1, 0.15) is 17.3 Å². The van der Waals surface area contributed by atoms with Gasteiger partial charge in [-0.25, -0.2) is 4.39 Å². The van der Waals surface area contributed by atoms with Gasteiger partial charge in [-0.3, -0.25) is 10.1 Å². The van der Waals surface area contributed by atoms with Crippen LogP contribution < -0.4 is 15.4 Å². The second kappa shape index (κ2) is 9.31. The van der Waals surface area contributed by atoms with Gasteiger partial charge < -0.3 is 15.4 Å². The van der Waals surface area contributed by atoms with E-state index in [2.05, 4.69) is 10.6 Å². The van der Waals surface area contributed by atoms with Crippen molar-refractivity contribution in [3.05, 3.63) is 93.2 Å². The minimum atomic E-state index is -0.519. The van der Waals surface area contributed by atoms with Gasteiger partial charge >= 0.3 is 0 Å². The minimum Gasteiger partial charge on any atom is -0.457 e. The molecular formula is C20H15ClFN3O3S. The predicted molar refractivity (Wildman–Crippen MR) is 114 cm³/mol. The highest BCUT2D eigenvalue weighted by molar-refractivity contribution is 7.80. The molecule has 29 heavy (non-hydrogen) atoms. The molecule has 0 aromatic heterocycles. The van der Waals surface area contributed by atoms with Gasteiger partial charge in [-0.1, -0.05) is 23.7 Å². The third-order valence-corrected chi connectivity index (χ3v) is 4.27. The number of nitrogens with zero attached hydrogens (tertiary/aromatic N) is 1. The van der Waals surface area contributed by atoms with E-state index in [0.717, 1.165) is 5.56 Å². The van der Waals surface area contributed by atoms with Gasteiger partial charge in [-0.05, 0) is 54.2 Å². The standard InChI is InChI=1S/C20H15ClFN3O3S/c21-14-3-7-18(8-4-14)28-19-10-16(9-17(11-19)25(26)27)24-20(29)23-12-13-1-5-15(22)6-2-13/h1-11H,12H2,(H2,23,24,29). The second-order valence-corrected chi connectivity index (χ2v) is 6.81. The molecule has 0 saturated carbocycles. The van der Waals surface area contributed by atoms with Crippen molar-refractivity contribution in [1.29, 1.82) is 0 Å². The number of benzene rings is 3. The highest BCUT2D eigenvalue weighted by Gasteiger charge is 2.12. The molecule has 9 heteroatoms. The number of halogens is 2. The van der Waals surface area contributed by atoms with Crippen LogP contribution in [0.3, 0.4) is 0 Å². The third kappa shape index (κ3) is 6.13. The van der Waals surface area contributed by atoms with E-state index >= 15 is 0 Å². The molecule has 0 unspecified atom stereocenters. The molecule has 0 aliphatic heterocycles. The fourth-order valence-electron chi connectivity index (χ4n) is 2.42. The Kier molecular flexibility index (Phi) is 6.58. The first-order valence-corrected chi connectivity index (χ1v) is 9.20. The summed E-state index contributed by atoms with van der Waals surface area (Å²) in [5.41, 5.74) is 1.07. The number of rotatable bonds is 6. The molecule has 2 N–H and O–H groups in total. The summed E-state index contributed by atoms with van der Waals surface area (Å²) in [4.78, 5) is 10.7. The summed E-state index contributed by atoms with van der Waals surface area (Å²) in [6.45, 7) is 0.370. The Bertz CT molecular complexity index is 1030. The summed E-state index contributed by atoms with van der Waals surface area (Å²) in [6.07, 6.45) is 0. The topological polar surface area (TPSA) is 76.4 Å². The molecule has 6 nitrogen and oxygen atoms in total. The Balaban J connectivity index is 1.70. The molecule has 3 rings (SSSR count). The van der Waals surface area contributed by atoms with Crippen LogP contribution in [0, 0.1) is 15.9 Å². The quantitative estimate of drug-likeness (QED) is 0.297. The van der Waals surface area contributed by atoms with Crippen molar-refractivity contribution >= 4 is 40.3 Å². The van der Waals surface area contributed by atoms with Crippen LogP contribution in [0.15, 0.2) is 66.7 Å². The molecule has 0 fully saturated rings. The summed E-state index contributed by atoms with van der Waals surface area (Å²) >= 11 is 11.1. The van der Waals surface area contributed by atoms with Crippen LogP contribution in [-0.4, -0.2) is 10.0 Å². The zero-order chi connectivity index (χ0) is 20.8. The molecule has 0 atom stereocenters. The van der Waals surface area contributed by atoms with Crippen molar-refractivity contribution in [3.8, 4) is 11.5 Å². The molecule has 0 radical (unpaired) electrons. The molecule has 3 aromatic rings. The SMILES string of the molecule is O=[N+]([O-])c1cc(NC(=S)NCc2ccc(F)cc2)cc(Oc2ccc(Cl)cc2)c1. The molecule has 3 aromatic carbocycles. The van der Waals surface area contributed by atoms with E-state index in [4.69, 9.17) is 28.6 Å². The Morgan fingerprint density at radius 2 is 1.76 bits per heavy atom. The maximum Gasteiger partial charge on any atom is 0.275 e. The largest absolute Gasteiger partial charge is 0.457 e. The van der Waals surface area contributed by atoms with Gasteiger partial charge in [0.2, 0.25) is 0 Å². The number of ether oxygens (including phenoxy) is 1. The first kappa shape index (κ1) is 20.5. The van der Waals surface area contributed by atoms with E-state index in [1.165, 1.54) is 24.3 Å². The molecule has 0 saturated heterocycles. The van der Waals surface area contributed by atoms with Crippen LogP contribution in [0.1, 0.15) is 5.56 Å². The van der Waals surface area contributed by atoms with E-state index in [9.17, 15) is 14.5 Å². The Hall–Kier alpha value is -3.23. The van der Waals surface area contributed by atoms with Gasteiger partial charge in [0.15, 0.2) is 5.11 Å². The first-order valence-electron chi connectivity index (χ1n) is 8.41. The van der Waals surface area contributed by atoms with Gasteiger partial charge in [0.25, 0.3) is 5.69 Å². The zero-order valence-corrected chi connectivity index (χ0v) is 16.5. The molecule has 0 spiro atoms. The van der Waals surface area contributed by atoms with Crippen molar-refractivity contribution in [2.24, 2.45) is 0 Å². The smallest absolute Gasteiger partial charge is 0.275 e. The number of nitro benzene ring substituents is 1. The zero-order valence-electron chi connectivity index (χ0n) is 14.9. The Morgan fingerprint density at radius 1 is 1.07 bits per heavy atom. The van der Waals surface area contributed by atoms with Gasteiger partial charge in [-0.2, -0.15) is 0 Å². The van der Waals surface area contributed by atoms with Crippen molar-refractivity contribution in [1.82, 2.24) is 5.32 Å². The van der Waals surface area contributed by atoms with E-state index in [0.29, 0.717) is 23.0 Å². The lowest BCUT2D eigenvalue weighted by Gasteiger charge is -2.12. The van der Waals surface area contributed by atoms with Crippen LogP contribution in [0.5, 0.6) is 11.5 Å². The van der Waals surface area contributed by atoms with Crippen molar-refractivity contribution in [2.75, 3.05) is 5.32 Å². The summed E-state index contributed by atoms with van der Waals surface area (Å²) in [5, 5.41) is 17.9. The van der Waals surface area contributed by atoms with Gasteiger partial charge in [0.05, 0.1) is 16.7 Å². The molecule has 0 heterocycles. The number of nitro groups is 1. The molecular weight excluding hydrogens is 417 g/mol. The number of anilines is 1. The second-order valence-electron chi connectivity index (χ2n) is 5.96. The molecule has 0 amide bonds. The summed E-state index contributed by atoms with van der Waals surface area (Å²) < 4.78 is 18.6. The predicted octanol–water partition coefficient (Wildman–Crippen LogP) is 5.67. The average Bonchev–Trinajstić information content (AvgIpc) is 2.69. The Morgan fingerprint density at radius 3 is 2.41 bits per heavy atom. The Labute approximate surface area is 176 Å². The maximum absolute atomic E-state index is 13.0. The number of non-ortho nitro benzene ring substituents is 1. The average molecular weight is 432 g/mol. The van der Waals surface area contributed by atoms with Gasteiger partial charge in [0, 0.05) is 23.7 Å². The molecule has 0 aliphatic rings. The van der Waals surface area contributed by atoms with Crippen LogP contribution in [0.4, 0.5) is 15.8 Å². The van der Waals surface area contributed by atoms with Crippen LogP contribution in [0.25, 0.3) is 0 Å². The lowest BCUT2D eigenvalue weighted by Crippen LogP contribution is -2.27. The number of thiocarbonyl (C=S) groups is 1. The lowest BCUT2D eigenvalue weighted by molar-refractivity contribution is -0.384. The lowest BCUT2D eigenvalue weighted by atomic mass is 10.2. The van der Waals surface area contributed by atoms with E-state index in [1.807, 2.05) is 0 Å². The fourth-order valence-corrected chi connectivity index (χ4v) is 2.73. The van der Waals surface area contributed by atoms with Crippen LogP contribution in [-0.2, 0) is 6.54 Å². The van der Waals surface area contributed by atoms with Crippen LogP contribution in [0.2, 0.25) is 5.02 Å². The minimum absolute atomic E-state index is 0.153. The number of hydrogen-bond acceptors (Lipinski definition) is 4. The molecule has 0 aliphatic carbocycles. The first-order chi connectivity index (χ1) is 13.9. The normalized spacial score (nSPS) is 10.3. The summed E-state index contributed by atoms with van der Waals surface area (Å²) in [7, 11) is 0. The van der Waals surface area contributed by atoms with E-state index in [-0.39, 0.29) is 22.4 Å². The highest BCUT2D eigenvalue weighted by atomic mass is 35.5. The van der Waals surface area contributed by atoms with Crippen molar-refractivity contribution < 1.29 is 14.1 Å². The van der Waals surface area contributed by atoms with Crippen molar-refractivity contribution in [2.45, 2.75) is 6.54 Å². The highest BCUT2D eigenvalue weighted by Crippen LogP contribution is 2.30. The molecule has 148 valence electrons. The number of hydrogen-bond donors (Lipinski definition) is 2. The van der Waals surface area contributed by atoms with Gasteiger partial charge in [-0.15, -0.1) is 0 Å². The van der Waals surface area contributed by atoms with E-state index in [1.54, 1.807) is 42.5 Å².